The molecule has 1 unspecified atom stereocenters. The van der Waals surface area contributed by atoms with Gasteiger partial charge < -0.3 is 15.5 Å². The summed E-state index contributed by atoms with van der Waals surface area (Å²) in [5.74, 6) is 0. The van der Waals surface area contributed by atoms with Gasteiger partial charge in [0.2, 0.25) is 0 Å². The van der Waals surface area contributed by atoms with Crippen LogP contribution in [0, 0.1) is 6.92 Å². The number of nitrogens with zero attached hydrogens (tertiary/aromatic N) is 2. The van der Waals surface area contributed by atoms with Crippen LogP contribution in [0.25, 0.3) is 0 Å². The second-order valence-electron chi connectivity index (χ2n) is 5.50. The normalized spacial score (nSPS) is 20.9. The van der Waals surface area contributed by atoms with Crippen molar-refractivity contribution in [3.05, 3.63) is 21.9 Å². The van der Waals surface area contributed by atoms with Crippen molar-refractivity contribution in [1.82, 2.24) is 9.80 Å². The molecule has 1 aromatic heterocycles. The van der Waals surface area contributed by atoms with Gasteiger partial charge in [-0.3, -0.25) is 0 Å². The number of carbonyl (C=O) groups is 1. The SMILES string of the molecule is Cc1ccsc1C1CN(C(C)(C)CN)C(=O)N1C. The lowest BCUT2D eigenvalue weighted by molar-refractivity contribution is 0.154. The lowest BCUT2D eigenvalue weighted by Crippen LogP contribution is -2.50. The van der Waals surface area contributed by atoms with Crippen LogP contribution < -0.4 is 5.73 Å². The monoisotopic (exact) mass is 267 g/mol. The van der Waals surface area contributed by atoms with E-state index in [1.807, 2.05) is 30.7 Å². The predicted octanol–water partition coefficient (Wildman–Crippen LogP) is 2.20. The highest BCUT2D eigenvalue weighted by molar-refractivity contribution is 7.10. The number of carbonyl (C=O) groups excluding carboxylic acids is 1. The first kappa shape index (κ1) is 13.4. The Bertz CT molecular complexity index is 455. The summed E-state index contributed by atoms with van der Waals surface area (Å²) in [5.41, 5.74) is 6.75. The van der Waals surface area contributed by atoms with Crippen LogP contribution in [0.1, 0.15) is 30.3 Å². The smallest absolute Gasteiger partial charge is 0.320 e. The molecular weight excluding hydrogens is 246 g/mol. The number of urea groups is 1. The first-order chi connectivity index (χ1) is 8.38. The van der Waals surface area contributed by atoms with Gasteiger partial charge in [0.1, 0.15) is 0 Å². The number of aryl methyl sites for hydroxylation is 1. The van der Waals surface area contributed by atoms with Gasteiger partial charge >= 0.3 is 6.03 Å². The van der Waals surface area contributed by atoms with Crippen LogP contribution in [0.15, 0.2) is 11.4 Å². The molecule has 1 aromatic rings. The average molecular weight is 267 g/mol. The molecule has 0 saturated carbocycles. The van der Waals surface area contributed by atoms with Gasteiger partial charge in [-0.15, -0.1) is 11.3 Å². The van der Waals surface area contributed by atoms with E-state index in [2.05, 4.69) is 18.4 Å². The lowest BCUT2D eigenvalue weighted by atomic mass is 10.0. The van der Waals surface area contributed by atoms with Crippen LogP contribution in [-0.4, -0.2) is 41.5 Å². The summed E-state index contributed by atoms with van der Waals surface area (Å²) < 4.78 is 0. The van der Waals surface area contributed by atoms with E-state index in [0.29, 0.717) is 6.54 Å². The van der Waals surface area contributed by atoms with Gasteiger partial charge in [-0.1, -0.05) is 0 Å². The molecule has 1 fully saturated rings. The molecule has 2 N–H and O–H groups in total. The number of likely N-dealkylation sites (N-methyl/N-ethyl adjacent to an activating group) is 1. The zero-order valence-corrected chi connectivity index (χ0v) is 12.3. The molecule has 1 saturated heterocycles. The van der Waals surface area contributed by atoms with Crippen molar-refractivity contribution < 1.29 is 4.79 Å². The van der Waals surface area contributed by atoms with Gasteiger partial charge in [0.25, 0.3) is 0 Å². The summed E-state index contributed by atoms with van der Waals surface area (Å²) in [7, 11) is 1.87. The Hall–Kier alpha value is -1.07. The largest absolute Gasteiger partial charge is 0.328 e. The zero-order chi connectivity index (χ0) is 13.5. The Morgan fingerprint density at radius 3 is 2.72 bits per heavy atom. The molecular formula is C13H21N3OS. The summed E-state index contributed by atoms with van der Waals surface area (Å²) in [6, 6.07) is 2.33. The van der Waals surface area contributed by atoms with Crippen molar-refractivity contribution in [2.75, 3.05) is 20.1 Å². The minimum Gasteiger partial charge on any atom is -0.328 e. The number of nitrogens with two attached hydrogens (primary N) is 1. The van der Waals surface area contributed by atoms with Crippen LogP contribution >= 0.6 is 11.3 Å². The fourth-order valence-electron chi connectivity index (χ4n) is 2.30. The molecule has 1 atom stereocenters. The third-order valence-electron chi connectivity index (χ3n) is 3.79. The number of rotatable bonds is 3. The van der Waals surface area contributed by atoms with E-state index in [0.717, 1.165) is 6.54 Å². The van der Waals surface area contributed by atoms with E-state index in [4.69, 9.17) is 5.73 Å². The van der Waals surface area contributed by atoms with Crippen LogP contribution in [0.3, 0.4) is 0 Å². The van der Waals surface area contributed by atoms with Crippen molar-refractivity contribution in [2.45, 2.75) is 32.4 Å². The maximum absolute atomic E-state index is 12.3. The highest BCUT2D eigenvalue weighted by atomic mass is 32.1. The minimum absolute atomic E-state index is 0.0725. The summed E-state index contributed by atoms with van der Waals surface area (Å²) in [6.45, 7) is 7.33. The van der Waals surface area contributed by atoms with Crippen LogP contribution in [-0.2, 0) is 0 Å². The molecule has 1 aliphatic heterocycles. The van der Waals surface area contributed by atoms with Crippen molar-refractivity contribution in [3.63, 3.8) is 0 Å². The number of hydrogen-bond donors (Lipinski definition) is 1. The highest BCUT2D eigenvalue weighted by Crippen LogP contribution is 2.36. The molecule has 0 radical (unpaired) electrons. The lowest BCUT2D eigenvalue weighted by Gasteiger charge is -2.33. The molecule has 18 heavy (non-hydrogen) atoms. The van der Waals surface area contributed by atoms with Crippen LogP contribution in [0.5, 0.6) is 0 Å². The van der Waals surface area contributed by atoms with E-state index in [-0.39, 0.29) is 17.6 Å². The van der Waals surface area contributed by atoms with Gasteiger partial charge in [0.05, 0.1) is 11.6 Å². The standard InChI is InChI=1S/C13H21N3OS/c1-9-5-6-18-11(9)10-7-16(12(17)15(10)4)13(2,3)8-14/h5-6,10H,7-8,14H2,1-4H3. The molecule has 2 heterocycles. The highest BCUT2D eigenvalue weighted by Gasteiger charge is 2.42. The van der Waals surface area contributed by atoms with Crippen molar-refractivity contribution in [2.24, 2.45) is 5.73 Å². The number of amides is 2. The van der Waals surface area contributed by atoms with Crippen molar-refractivity contribution in [3.8, 4) is 0 Å². The van der Waals surface area contributed by atoms with E-state index in [1.165, 1.54) is 10.4 Å². The molecule has 0 aromatic carbocycles. The van der Waals surface area contributed by atoms with Crippen LogP contribution in [0.2, 0.25) is 0 Å². The molecule has 0 spiro atoms. The Labute approximate surface area is 112 Å². The van der Waals surface area contributed by atoms with E-state index < -0.39 is 0 Å². The molecule has 100 valence electrons. The van der Waals surface area contributed by atoms with E-state index in [1.54, 1.807) is 11.3 Å². The van der Waals surface area contributed by atoms with Crippen molar-refractivity contribution >= 4 is 17.4 Å². The molecule has 0 aliphatic carbocycles. The third-order valence-corrected chi connectivity index (χ3v) is 4.91. The fraction of sp³-hybridized carbons (Fsp3) is 0.615. The van der Waals surface area contributed by atoms with Crippen molar-refractivity contribution in [1.29, 1.82) is 0 Å². The number of thiophene rings is 1. The zero-order valence-electron chi connectivity index (χ0n) is 11.4. The minimum atomic E-state index is -0.286. The maximum atomic E-state index is 12.3. The van der Waals surface area contributed by atoms with E-state index >= 15 is 0 Å². The average Bonchev–Trinajstić information content (AvgIpc) is 2.86. The Balaban J connectivity index is 2.28. The van der Waals surface area contributed by atoms with Gasteiger partial charge in [-0.05, 0) is 37.8 Å². The fourth-order valence-corrected chi connectivity index (χ4v) is 3.36. The second kappa shape index (κ2) is 4.55. The quantitative estimate of drug-likeness (QED) is 0.912. The first-order valence-electron chi connectivity index (χ1n) is 6.17. The maximum Gasteiger partial charge on any atom is 0.320 e. The summed E-state index contributed by atoms with van der Waals surface area (Å²) >= 11 is 1.72. The van der Waals surface area contributed by atoms with Gasteiger partial charge in [0.15, 0.2) is 0 Å². The van der Waals surface area contributed by atoms with E-state index in [9.17, 15) is 4.79 Å². The van der Waals surface area contributed by atoms with Gasteiger partial charge in [0, 0.05) is 25.0 Å². The Morgan fingerprint density at radius 1 is 1.56 bits per heavy atom. The molecule has 1 aliphatic rings. The third kappa shape index (κ3) is 2.01. The Morgan fingerprint density at radius 2 is 2.22 bits per heavy atom. The van der Waals surface area contributed by atoms with Gasteiger partial charge in [-0.2, -0.15) is 0 Å². The molecule has 4 nitrogen and oxygen atoms in total. The first-order valence-corrected chi connectivity index (χ1v) is 7.05. The second-order valence-corrected chi connectivity index (χ2v) is 6.45. The molecule has 2 rings (SSSR count). The summed E-state index contributed by atoms with van der Waals surface area (Å²) in [4.78, 5) is 17.3. The molecule has 5 heteroatoms. The summed E-state index contributed by atoms with van der Waals surface area (Å²) in [5, 5.41) is 2.08. The van der Waals surface area contributed by atoms with Gasteiger partial charge in [-0.25, -0.2) is 4.79 Å². The molecule has 2 amide bonds. The summed E-state index contributed by atoms with van der Waals surface area (Å²) in [6.07, 6.45) is 0. The number of hydrogen-bond acceptors (Lipinski definition) is 3. The Kier molecular flexibility index (Phi) is 3.38. The topological polar surface area (TPSA) is 49.6 Å². The predicted molar refractivity (Wildman–Crippen MR) is 74.8 cm³/mol. The van der Waals surface area contributed by atoms with Crippen LogP contribution in [0.4, 0.5) is 4.79 Å². The molecule has 0 bridgehead atoms.